The maximum absolute atomic E-state index is 12.5. The number of thioether (sulfide) groups is 1. The number of nitrogens with one attached hydrogen (secondary N) is 1. The lowest BCUT2D eigenvalue weighted by Crippen LogP contribution is -2.24. The maximum atomic E-state index is 12.5. The molecular weight excluding hydrogens is 420 g/mol. The van der Waals surface area contributed by atoms with Crippen molar-refractivity contribution in [3.05, 3.63) is 53.1 Å². The first-order chi connectivity index (χ1) is 14.7. The minimum Gasteiger partial charge on any atom is -0.352 e. The van der Waals surface area contributed by atoms with Crippen molar-refractivity contribution in [1.29, 1.82) is 0 Å². The van der Waals surface area contributed by atoms with Gasteiger partial charge in [-0.3, -0.25) is 4.79 Å². The zero-order valence-corrected chi connectivity index (χ0v) is 18.5. The number of halogens is 1. The summed E-state index contributed by atoms with van der Waals surface area (Å²) < 4.78 is 3.98. The van der Waals surface area contributed by atoms with Crippen LogP contribution in [0, 0.1) is 0 Å². The Kier molecular flexibility index (Phi) is 6.74. The highest BCUT2D eigenvalue weighted by Gasteiger charge is 2.23. The number of benzene rings is 1. The summed E-state index contributed by atoms with van der Waals surface area (Å²) in [4.78, 5) is 12.5. The number of rotatable bonds is 8. The predicted molar refractivity (Wildman–Crippen MR) is 119 cm³/mol. The van der Waals surface area contributed by atoms with Gasteiger partial charge in [-0.1, -0.05) is 36.2 Å². The summed E-state index contributed by atoms with van der Waals surface area (Å²) in [6.45, 7) is 0.580. The smallest absolute Gasteiger partial charge is 0.254 e. The number of aromatic nitrogens is 5. The van der Waals surface area contributed by atoms with E-state index in [1.807, 2.05) is 18.4 Å². The molecule has 30 heavy (non-hydrogen) atoms. The first kappa shape index (κ1) is 20.9. The molecule has 0 atom stereocenters. The van der Waals surface area contributed by atoms with E-state index < -0.39 is 0 Å². The Morgan fingerprint density at radius 1 is 1.23 bits per heavy atom. The largest absolute Gasteiger partial charge is 0.352 e. The molecule has 1 aliphatic rings. The standard InChI is InChI=1S/C21H25ClN6OS/c1-30-21-26-25-19(28(21)18-5-2-3-6-18)7-4-12-23-20(29)15-13-24-27(14-15)17-10-8-16(22)9-11-17/h8-11,13-14,18H,2-7,12H2,1H3,(H,23,29). The van der Waals surface area contributed by atoms with Gasteiger partial charge in [0.25, 0.3) is 5.91 Å². The number of carbonyl (C=O) groups excluding carboxylic acids is 1. The fourth-order valence-electron chi connectivity index (χ4n) is 3.87. The summed E-state index contributed by atoms with van der Waals surface area (Å²) in [7, 11) is 0. The molecule has 0 spiro atoms. The zero-order valence-electron chi connectivity index (χ0n) is 16.9. The number of aryl methyl sites for hydroxylation is 1. The first-order valence-electron chi connectivity index (χ1n) is 10.2. The molecule has 7 nitrogen and oxygen atoms in total. The van der Waals surface area contributed by atoms with Crippen LogP contribution in [0.2, 0.25) is 5.02 Å². The lowest BCUT2D eigenvalue weighted by molar-refractivity contribution is 0.0953. The van der Waals surface area contributed by atoms with E-state index in [0.29, 0.717) is 23.2 Å². The van der Waals surface area contributed by atoms with Crippen molar-refractivity contribution in [2.24, 2.45) is 0 Å². The Hall–Kier alpha value is -2.32. The monoisotopic (exact) mass is 444 g/mol. The summed E-state index contributed by atoms with van der Waals surface area (Å²) in [5.74, 6) is 0.897. The van der Waals surface area contributed by atoms with Gasteiger partial charge in [-0.15, -0.1) is 10.2 Å². The molecule has 2 heterocycles. The van der Waals surface area contributed by atoms with E-state index in [-0.39, 0.29) is 5.91 Å². The van der Waals surface area contributed by atoms with Crippen LogP contribution in [-0.2, 0) is 6.42 Å². The highest BCUT2D eigenvalue weighted by atomic mass is 35.5. The van der Waals surface area contributed by atoms with Gasteiger partial charge >= 0.3 is 0 Å². The second-order valence-electron chi connectivity index (χ2n) is 7.42. The third kappa shape index (κ3) is 4.70. The summed E-state index contributed by atoms with van der Waals surface area (Å²) in [5, 5.41) is 17.7. The van der Waals surface area contributed by atoms with Crippen molar-refractivity contribution < 1.29 is 4.79 Å². The van der Waals surface area contributed by atoms with Gasteiger partial charge in [0.05, 0.1) is 17.4 Å². The quantitative estimate of drug-likeness (QED) is 0.413. The molecule has 158 valence electrons. The van der Waals surface area contributed by atoms with E-state index in [1.54, 1.807) is 41.0 Å². The van der Waals surface area contributed by atoms with Gasteiger partial charge in [0.1, 0.15) is 5.82 Å². The van der Waals surface area contributed by atoms with Gasteiger partial charge in [-0.05, 0) is 49.8 Å². The van der Waals surface area contributed by atoms with E-state index in [9.17, 15) is 4.79 Å². The van der Waals surface area contributed by atoms with Crippen molar-refractivity contribution in [2.75, 3.05) is 12.8 Å². The lowest BCUT2D eigenvalue weighted by Gasteiger charge is -2.16. The molecule has 9 heteroatoms. The second-order valence-corrected chi connectivity index (χ2v) is 8.63. The second kappa shape index (κ2) is 9.66. The van der Waals surface area contributed by atoms with Crippen LogP contribution in [0.25, 0.3) is 5.69 Å². The van der Waals surface area contributed by atoms with Gasteiger partial charge in [-0.25, -0.2) is 4.68 Å². The van der Waals surface area contributed by atoms with E-state index in [2.05, 4.69) is 25.2 Å². The van der Waals surface area contributed by atoms with Gasteiger partial charge < -0.3 is 9.88 Å². The van der Waals surface area contributed by atoms with Gasteiger partial charge in [-0.2, -0.15) is 5.10 Å². The molecule has 1 saturated carbocycles. The fourth-order valence-corrected chi connectivity index (χ4v) is 4.57. The summed E-state index contributed by atoms with van der Waals surface area (Å²) in [6.07, 6.45) is 11.9. The average molecular weight is 445 g/mol. The van der Waals surface area contributed by atoms with E-state index in [0.717, 1.165) is 29.5 Å². The van der Waals surface area contributed by atoms with Crippen LogP contribution in [0.5, 0.6) is 0 Å². The SMILES string of the molecule is CSc1nnc(CCCNC(=O)c2cnn(-c3ccc(Cl)cc3)c2)n1C1CCCC1. The lowest BCUT2D eigenvalue weighted by atomic mass is 10.2. The normalized spacial score (nSPS) is 14.3. The van der Waals surface area contributed by atoms with Crippen LogP contribution >= 0.6 is 23.4 Å². The molecule has 1 fully saturated rings. The van der Waals surface area contributed by atoms with Crippen molar-refractivity contribution >= 4 is 29.3 Å². The summed E-state index contributed by atoms with van der Waals surface area (Å²) in [6, 6.07) is 7.84. The Labute approximate surface area is 185 Å². The number of hydrogen-bond donors (Lipinski definition) is 1. The molecule has 0 bridgehead atoms. The fraction of sp³-hybridized carbons (Fsp3) is 0.429. The summed E-state index contributed by atoms with van der Waals surface area (Å²) in [5.41, 5.74) is 1.39. The number of hydrogen-bond acceptors (Lipinski definition) is 5. The third-order valence-electron chi connectivity index (χ3n) is 5.41. The van der Waals surface area contributed by atoms with Crippen molar-refractivity contribution in [3.8, 4) is 5.69 Å². The van der Waals surface area contributed by atoms with Crippen molar-refractivity contribution in [2.45, 2.75) is 49.7 Å². The molecule has 1 amide bonds. The minimum atomic E-state index is -0.128. The van der Waals surface area contributed by atoms with Crippen molar-refractivity contribution in [1.82, 2.24) is 29.9 Å². The molecule has 0 aliphatic heterocycles. The van der Waals surface area contributed by atoms with E-state index in [4.69, 9.17) is 11.6 Å². The van der Waals surface area contributed by atoms with Crippen LogP contribution in [0.1, 0.15) is 54.3 Å². The molecule has 0 saturated heterocycles. The Bertz CT molecular complexity index is 993. The molecule has 1 N–H and O–H groups in total. The molecule has 4 rings (SSSR count). The molecular formula is C21H25ClN6OS. The van der Waals surface area contributed by atoms with Crippen LogP contribution in [0.3, 0.4) is 0 Å². The Morgan fingerprint density at radius 3 is 2.73 bits per heavy atom. The number of carbonyl (C=O) groups is 1. The van der Waals surface area contributed by atoms with Crippen LogP contribution in [0.4, 0.5) is 0 Å². The Morgan fingerprint density at radius 2 is 2.00 bits per heavy atom. The molecule has 3 aromatic rings. The number of nitrogens with zero attached hydrogens (tertiary/aromatic N) is 5. The molecule has 0 unspecified atom stereocenters. The van der Waals surface area contributed by atoms with Crippen LogP contribution in [0.15, 0.2) is 41.8 Å². The molecule has 1 aliphatic carbocycles. The van der Waals surface area contributed by atoms with Gasteiger partial charge in [0, 0.05) is 30.2 Å². The molecule has 0 radical (unpaired) electrons. The van der Waals surface area contributed by atoms with E-state index in [1.165, 1.54) is 25.7 Å². The predicted octanol–water partition coefficient (Wildman–Crippen LogP) is 4.32. The maximum Gasteiger partial charge on any atom is 0.254 e. The average Bonchev–Trinajstić information content (AvgIpc) is 3.51. The van der Waals surface area contributed by atoms with Crippen LogP contribution < -0.4 is 5.32 Å². The van der Waals surface area contributed by atoms with Crippen LogP contribution in [-0.4, -0.2) is 43.3 Å². The first-order valence-corrected chi connectivity index (χ1v) is 11.8. The van der Waals surface area contributed by atoms with Gasteiger partial charge in [0.15, 0.2) is 5.16 Å². The number of amides is 1. The zero-order chi connectivity index (χ0) is 20.9. The highest BCUT2D eigenvalue weighted by Crippen LogP contribution is 2.33. The van der Waals surface area contributed by atoms with Crippen molar-refractivity contribution in [3.63, 3.8) is 0 Å². The Balaban J connectivity index is 1.31. The topological polar surface area (TPSA) is 77.6 Å². The minimum absolute atomic E-state index is 0.128. The van der Waals surface area contributed by atoms with E-state index >= 15 is 0 Å². The van der Waals surface area contributed by atoms with Gasteiger partial charge in [0.2, 0.25) is 0 Å². The summed E-state index contributed by atoms with van der Waals surface area (Å²) >= 11 is 7.57. The molecule has 2 aromatic heterocycles. The highest BCUT2D eigenvalue weighted by molar-refractivity contribution is 7.98. The molecule has 1 aromatic carbocycles. The third-order valence-corrected chi connectivity index (χ3v) is 6.30.